The molecule has 1 N–H and O–H groups in total. The third-order valence-electron chi connectivity index (χ3n) is 9.72. The van der Waals surface area contributed by atoms with E-state index in [0.717, 1.165) is 69.1 Å². The molecule has 48 heavy (non-hydrogen) atoms. The topological polar surface area (TPSA) is 65.1 Å². The third kappa shape index (κ3) is 9.05. The lowest BCUT2D eigenvalue weighted by molar-refractivity contribution is -0.137. The lowest BCUT2D eigenvalue weighted by atomic mass is 9.88. The van der Waals surface area contributed by atoms with Gasteiger partial charge in [0.15, 0.2) is 0 Å². The van der Waals surface area contributed by atoms with Crippen LogP contribution in [0, 0.1) is 12.8 Å². The van der Waals surface area contributed by atoms with Gasteiger partial charge in [-0.25, -0.2) is 4.79 Å². The molecule has 2 aliphatic heterocycles. The normalized spacial score (nSPS) is 16.8. The number of thiophene rings is 1. The zero-order valence-electron chi connectivity index (χ0n) is 27.7. The van der Waals surface area contributed by atoms with Crippen molar-refractivity contribution in [3.8, 4) is 11.1 Å². The van der Waals surface area contributed by atoms with Gasteiger partial charge in [0.25, 0.3) is 0 Å². The molecule has 0 bridgehead atoms. The minimum atomic E-state index is -0.612. The average molecular weight is 685 g/mol. The van der Waals surface area contributed by atoms with Crippen LogP contribution >= 0.6 is 22.9 Å². The number of rotatable bonds is 11. The second-order valence-corrected chi connectivity index (χ2v) is 14.3. The van der Waals surface area contributed by atoms with Crippen molar-refractivity contribution < 1.29 is 14.3 Å². The van der Waals surface area contributed by atoms with Gasteiger partial charge in [-0.3, -0.25) is 9.69 Å². The number of nitrogens with zero attached hydrogens (tertiary/aromatic N) is 3. The molecule has 0 spiro atoms. The van der Waals surface area contributed by atoms with Gasteiger partial charge in [-0.15, -0.1) is 11.3 Å². The summed E-state index contributed by atoms with van der Waals surface area (Å²) in [5.74, 6) is 0.0411. The number of piperidine rings is 1. The molecule has 0 radical (unpaired) electrons. The van der Waals surface area contributed by atoms with Crippen LogP contribution in [0.2, 0.25) is 5.02 Å². The Bertz CT molecular complexity index is 1630. The van der Waals surface area contributed by atoms with Crippen LogP contribution in [-0.4, -0.2) is 78.6 Å². The van der Waals surface area contributed by atoms with Crippen LogP contribution in [-0.2, 0) is 29.1 Å². The summed E-state index contributed by atoms with van der Waals surface area (Å²) in [7, 11) is 0. The molecule has 0 saturated carbocycles. The maximum Gasteiger partial charge on any atom is 0.408 e. The highest BCUT2D eigenvalue weighted by Crippen LogP contribution is 2.29. The highest BCUT2D eigenvalue weighted by molar-refractivity contribution is 7.10. The standard InChI is InChI=1S/C39H45ClN4O3S/c1-29-17-25-48-36(29)27-43-21-23-44(24-22-43)38(45)37(41-39(46)47-28-30-8-4-2-5-9-30)32-14-18-42(19-15-32)20-16-33-26-34(40)12-13-35(33)31-10-6-3-7-11-31/h2-13,17,25-26,32,37H,14-16,18-24,27-28H2,1H3,(H,41,46)/t37-/m1/s1. The summed E-state index contributed by atoms with van der Waals surface area (Å²) in [6.45, 7) is 8.83. The molecule has 1 atom stereocenters. The van der Waals surface area contributed by atoms with Crippen molar-refractivity contribution >= 4 is 34.9 Å². The van der Waals surface area contributed by atoms with E-state index in [2.05, 4.69) is 69.9 Å². The summed E-state index contributed by atoms with van der Waals surface area (Å²) in [4.78, 5) is 35.4. The van der Waals surface area contributed by atoms with E-state index in [-0.39, 0.29) is 18.4 Å². The zero-order valence-corrected chi connectivity index (χ0v) is 29.2. The maximum absolute atomic E-state index is 14.1. The van der Waals surface area contributed by atoms with Crippen molar-refractivity contribution in [1.29, 1.82) is 0 Å². The predicted molar refractivity (Wildman–Crippen MR) is 194 cm³/mol. The van der Waals surface area contributed by atoms with E-state index < -0.39 is 12.1 Å². The Kier molecular flexibility index (Phi) is 11.8. The Hall–Kier alpha value is -3.69. The number of ether oxygens (including phenoxy) is 1. The Labute approximate surface area is 293 Å². The van der Waals surface area contributed by atoms with Crippen LogP contribution in [0.5, 0.6) is 0 Å². The molecule has 4 aromatic rings. The number of hydrogen-bond donors (Lipinski definition) is 1. The van der Waals surface area contributed by atoms with E-state index in [4.69, 9.17) is 16.3 Å². The first-order chi connectivity index (χ1) is 23.4. The molecular formula is C39H45ClN4O3S. The van der Waals surface area contributed by atoms with Crippen LogP contribution in [0.25, 0.3) is 11.1 Å². The van der Waals surface area contributed by atoms with Crippen molar-refractivity contribution in [2.75, 3.05) is 45.8 Å². The molecule has 252 valence electrons. The van der Waals surface area contributed by atoms with Crippen LogP contribution in [0.15, 0.2) is 90.3 Å². The minimum absolute atomic E-state index is 0.00324. The SMILES string of the molecule is Cc1ccsc1CN1CCN(C(=O)[C@H](NC(=O)OCc2ccccc2)C2CCN(CCc3cc(Cl)ccc3-c3ccccc3)CC2)CC1. The van der Waals surface area contributed by atoms with Gasteiger partial charge in [-0.05, 0) is 96.6 Å². The molecule has 0 unspecified atom stereocenters. The maximum atomic E-state index is 14.1. The lowest BCUT2D eigenvalue weighted by Crippen LogP contribution is -2.58. The number of alkyl carbamates (subject to hydrolysis) is 1. The second-order valence-electron chi connectivity index (χ2n) is 12.9. The third-order valence-corrected chi connectivity index (χ3v) is 11.0. The first-order valence-corrected chi connectivity index (χ1v) is 18.3. The van der Waals surface area contributed by atoms with Gasteiger partial charge in [-0.2, -0.15) is 0 Å². The number of nitrogens with one attached hydrogen (secondary N) is 1. The van der Waals surface area contributed by atoms with E-state index in [1.165, 1.54) is 27.1 Å². The van der Waals surface area contributed by atoms with Crippen LogP contribution in [0.4, 0.5) is 4.79 Å². The van der Waals surface area contributed by atoms with E-state index in [0.29, 0.717) is 13.1 Å². The molecule has 6 rings (SSSR count). The van der Waals surface area contributed by atoms with Gasteiger partial charge in [-0.1, -0.05) is 78.3 Å². The molecule has 9 heteroatoms. The highest BCUT2D eigenvalue weighted by Gasteiger charge is 2.36. The number of halogens is 1. The monoisotopic (exact) mass is 684 g/mol. The summed E-state index contributed by atoms with van der Waals surface area (Å²) in [5.41, 5.74) is 5.88. The fourth-order valence-corrected chi connectivity index (χ4v) is 7.96. The number of carbonyl (C=O) groups excluding carboxylic acids is 2. The first kappa shape index (κ1) is 34.2. The van der Waals surface area contributed by atoms with Crippen molar-refractivity contribution in [1.82, 2.24) is 20.0 Å². The van der Waals surface area contributed by atoms with Crippen LogP contribution < -0.4 is 5.32 Å². The average Bonchev–Trinajstić information content (AvgIpc) is 3.53. The van der Waals surface area contributed by atoms with Gasteiger partial charge < -0.3 is 19.9 Å². The number of likely N-dealkylation sites (tertiary alicyclic amines) is 1. The van der Waals surface area contributed by atoms with Crippen molar-refractivity contribution in [2.45, 2.75) is 45.4 Å². The molecule has 7 nitrogen and oxygen atoms in total. The fourth-order valence-electron chi connectivity index (χ4n) is 6.82. The Morgan fingerprint density at radius 2 is 1.60 bits per heavy atom. The summed E-state index contributed by atoms with van der Waals surface area (Å²) < 4.78 is 5.59. The van der Waals surface area contributed by atoms with Crippen LogP contribution in [0.1, 0.15) is 34.4 Å². The molecule has 2 saturated heterocycles. The minimum Gasteiger partial charge on any atom is -0.445 e. The fraction of sp³-hybridized carbons (Fsp3) is 0.385. The Morgan fingerprint density at radius 3 is 2.29 bits per heavy atom. The van der Waals surface area contributed by atoms with Crippen LogP contribution in [0.3, 0.4) is 0 Å². The first-order valence-electron chi connectivity index (χ1n) is 17.0. The zero-order chi connectivity index (χ0) is 33.3. The lowest BCUT2D eigenvalue weighted by Gasteiger charge is -2.40. The molecule has 2 amide bonds. The Morgan fingerprint density at radius 1 is 0.896 bits per heavy atom. The number of piperazine rings is 1. The molecule has 3 aromatic carbocycles. The molecular weight excluding hydrogens is 640 g/mol. The summed E-state index contributed by atoms with van der Waals surface area (Å²) in [6, 6.07) is 27.8. The molecule has 0 aliphatic carbocycles. The quantitative estimate of drug-likeness (QED) is 0.180. The van der Waals surface area contributed by atoms with E-state index in [1.807, 2.05) is 47.4 Å². The largest absolute Gasteiger partial charge is 0.445 e. The van der Waals surface area contributed by atoms with E-state index in [9.17, 15) is 9.59 Å². The second kappa shape index (κ2) is 16.6. The summed E-state index contributed by atoms with van der Waals surface area (Å²) >= 11 is 8.21. The van der Waals surface area contributed by atoms with Crippen molar-refractivity contribution in [3.63, 3.8) is 0 Å². The van der Waals surface area contributed by atoms with Crippen molar-refractivity contribution in [3.05, 3.63) is 117 Å². The number of carbonyl (C=O) groups is 2. The highest BCUT2D eigenvalue weighted by atomic mass is 35.5. The van der Waals surface area contributed by atoms with Gasteiger partial charge in [0, 0.05) is 49.2 Å². The summed E-state index contributed by atoms with van der Waals surface area (Å²) in [5, 5.41) is 5.90. The number of aryl methyl sites for hydroxylation is 1. The van der Waals surface area contributed by atoms with Gasteiger partial charge >= 0.3 is 6.09 Å². The summed E-state index contributed by atoms with van der Waals surface area (Å²) in [6.07, 6.45) is 2.00. The molecule has 2 fully saturated rings. The smallest absolute Gasteiger partial charge is 0.408 e. The van der Waals surface area contributed by atoms with Gasteiger partial charge in [0.05, 0.1) is 0 Å². The number of hydrogen-bond acceptors (Lipinski definition) is 6. The van der Waals surface area contributed by atoms with E-state index >= 15 is 0 Å². The Balaban J connectivity index is 1.07. The number of benzene rings is 3. The van der Waals surface area contributed by atoms with Crippen molar-refractivity contribution in [2.24, 2.45) is 5.92 Å². The van der Waals surface area contributed by atoms with Gasteiger partial charge in [0.2, 0.25) is 5.91 Å². The van der Waals surface area contributed by atoms with Gasteiger partial charge in [0.1, 0.15) is 12.6 Å². The van der Waals surface area contributed by atoms with E-state index in [1.54, 1.807) is 11.3 Å². The molecule has 2 aliphatic rings. The molecule has 3 heterocycles. The molecule has 1 aromatic heterocycles. The number of amides is 2. The predicted octanol–water partition coefficient (Wildman–Crippen LogP) is 7.27.